The Morgan fingerprint density at radius 1 is 1.38 bits per heavy atom. The molecule has 2 aromatic rings. The number of ether oxygens (including phenoxy) is 1. The Morgan fingerprint density at radius 2 is 2.14 bits per heavy atom. The van der Waals surface area contributed by atoms with Crippen molar-refractivity contribution in [3.05, 3.63) is 39.9 Å². The van der Waals surface area contributed by atoms with Gasteiger partial charge < -0.3 is 10.2 Å². The standard InChI is InChI=1S/C14H14BrFN4O/c1-7-12(20-17)18-13(8-2-3-8)19-14(7)21-9-4-5-11(16)10(15)6-9/h4-6,8H,2-3,17H2,1H3,(H,18,19,20). The minimum absolute atomic E-state index is 0.339. The molecule has 0 unspecified atom stereocenters. The van der Waals surface area contributed by atoms with Crippen molar-refractivity contribution in [2.24, 2.45) is 5.84 Å². The van der Waals surface area contributed by atoms with Gasteiger partial charge in [-0.3, -0.25) is 0 Å². The van der Waals surface area contributed by atoms with Crippen LogP contribution < -0.4 is 16.0 Å². The van der Waals surface area contributed by atoms with Crippen molar-refractivity contribution < 1.29 is 9.13 Å². The van der Waals surface area contributed by atoms with Gasteiger partial charge in [0.25, 0.3) is 0 Å². The predicted octanol–water partition coefficient (Wildman–Crippen LogP) is 3.64. The van der Waals surface area contributed by atoms with E-state index in [4.69, 9.17) is 10.6 Å². The molecule has 21 heavy (non-hydrogen) atoms. The van der Waals surface area contributed by atoms with Gasteiger partial charge in [0, 0.05) is 5.92 Å². The Labute approximate surface area is 129 Å². The van der Waals surface area contributed by atoms with E-state index < -0.39 is 0 Å². The number of halogens is 2. The summed E-state index contributed by atoms with van der Waals surface area (Å²) in [5, 5.41) is 0. The smallest absolute Gasteiger partial charge is 0.227 e. The van der Waals surface area contributed by atoms with E-state index in [0.29, 0.717) is 33.4 Å². The highest BCUT2D eigenvalue weighted by Gasteiger charge is 2.28. The van der Waals surface area contributed by atoms with Crippen LogP contribution >= 0.6 is 15.9 Å². The van der Waals surface area contributed by atoms with Crippen molar-refractivity contribution in [2.75, 3.05) is 5.43 Å². The maximum atomic E-state index is 13.3. The summed E-state index contributed by atoms with van der Waals surface area (Å²) in [6.45, 7) is 1.82. The summed E-state index contributed by atoms with van der Waals surface area (Å²) < 4.78 is 19.4. The van der Waals surface area contributed by atoms with Gasteiger partial charge in [0.05, 0.1) is 10.0 Å². The molecule has 0 amide bonds. The lowest BCUT2D eigenvalue weighted by molar-refractivity contribution is 0.452. The minimum atomic E-state index is -0.343. The molecular formula is C14H14BrFN4O. The molecule has 0 saturated heterocycles. The van der Waals surface area contributed by atoms with Gasteiger partial charge in [-0.25, -0.2) is 15.2 Å². The molecule has 3 N–H and O–H groups in total. The van der Waals surface area contributed by atoms with Crippen LogP contribution in [0.1, 0.15) is 30.1 Å². The van der Waals surface area contributed by atoms with Gasteiger partial charge in [0.2, 0.25) is 5.88 Å². The quantitative estimate of drug-likeness (QED) is 0.649. The Kier molecular flexibility index (Phi) is 3.77. The average Bonchev–Trinajstić information content (AvgIpc) is 3.29. The number of anilines is 1. The highest BCUT2D eigenvalue weighted by atomic mass is 79.9. The van der Waals surface area contributed by atoms with E-state index in [9.17, 15) is 4.39 Å². The second-order valence-corrected chi connectivity index (χ2v) is 5.81. The van der Waals surface area contributed by atoms with Crippen LogP contribution in [0.25, 0.3) is 0 Å². The molecule has 1 aromatic heterocycles. The Morgan fingerprint density at radius 3 is 2.76 bits per heavy atom. The van der Waals surface area contributed by atoms with Crippen molar-refractivity contribution in [1.82, 2.24) is 9.97 Å². The summed E-state index contributed by atoms with van der Waals surface area (Å²) >= 11 is 3.13. The summed E-state index contributed by atoms with van der Waals surface area (Å²) in [7, 11) is 0. The van der Waals surface area contributed by atoms with E-state index in [1.165, 1.54) is 6.07 Å². The lowest BCUT2D eigenvalue weighted by Crippen LogP contribution is -2.13. The Bertz CT molecular complexity index is 691. The number of nitrogens with zero attached hydrogens (tertiary/aromatic N) is 2. The van der Waals surface area contributed by atoms with Crippen LogP contribution in [0.2, 0.25) is 0 Å². The van der Waals surface area contributed by atoms with Gasteiger partial charge in [-0.2, -0.15) is 4.98 Å². The number of nitrogens with two attached hydrogens (primary N) is 1. The molecule has 1 fully saturated rings. The molecule has 0 aliphatic heterocycles. The van der Waals surface area contributed by atoms with E-state index in [-0.39, 0.29) is 5.82 Å². The van der Waals surface area contributed by atoms with Crippen molar-refractivity contribution >= 4 is 21.7 Å². The monoisotopic (exact) mass is 352 g/mol. The first-order chi connectivity index (χ1) is 10.1. The molecule has 0 bridgehead atoms. The molecule has 7 heteroatoms. The number of aromatic nitrogens is 2. The third-order valence-electron chi connectivity index (χ3n) is 3.30. The molecule has 110 valence electrons. The molecule has 1 aliphatic carbocycles. The largest absolute Gasteiger partial charge is 0.439 e. The maximum Gasteiger partial charge on any atom is 0.227 e. The molecule has 1 heterocycles. The van der Waals surface area contributed by atoms with Gasteiger partial charge in [-0.05, 0) is 53.9 Å². The second-order valence-electron chi connectivity index (χ2n) is 4.96. The number of rotatable bonds is 4. The molecule has 1 aliphatic rings. The van der Waals surface area contributed by atoms with E-state index in [0.717, 1.165) is 18.7 Å². The lowest BCUT2D eigenvalue weighted by Gasteiger charge is -2.12. The topological polar surface area (TPSA) is 73.1 Å². The molecule has 3 rings (SSSR count). The first-order valence-corrected chi connectivity index (χ1v) is 7.36. The summed E-state index contributed by atoms with van der Waals surface area (Å²) in [4.78, 5) is 8.84. The van der Waals surface area contributed by atoms with Gasteiger partial charge in [0.1, 0.15) is 17.4 Å². The molecule has 0 atom stereocenters. The fourth-order valence-electron chi connectivity index (χ4n) is 1.93. The van der Waals surface area contributed by atoms with Crippen LogP contribution in [0.15, 0.2) is 22.7 Å². The van der Waals surface area contributed by atoms with Crippen molar-refractivity contribution in [1.29, 1.82) is 0 Å². The van der Waals surface area contributed by atoms with Crippen molar-refractivity contribution in [3.8, 4) is 11.6 Å². The fourth-order valence-corrected chi connectivity index (χ4v) is 2.29. The van der Waals surface area contributed by atoms with Crippen molar-refractivity contribution in [3.63, 3.8) is 0 Å². The van der Waals surface area contributed by atoms with Gasteiger partial charge >= 0.3 is 0 Å². The number of nitrogen functional groups attached to an aromatic ring is 1. The van der Waals surface area contributed by atoms with Gasteiger partial charge in [-0.1, -0.05) is 0 Å². The van der Waals surface area contributed by atoms with E-state index in [2.05, 4.69) is 31.3 Å². The van der Waals surface area contributed by atoms with Crippen molar-refractivity contribution in [2.45, 2.75) is 25.7 Å². The molecular weight excluding hydrogens is 339 g/mol. The van der Waals surface area contributed by atoms with Gasteiger partial charge in [-0.15, -0.1) is 0 Å². The number of nitrogens with one attached hydrogen (secondary N) is 1. The third kappa shape index (κ3) is 2.98. The Balaban J connectivity index is 1.96. The summed E-state index contributed by atoms with van der Waals surface area (Å²) in [6.07, 6.45) is 2.16. The fraction of sp³-hybridized carbons (Fsp3) is 0.286. The number of hydrazine groups is 1. The maximum absolute atomic E-state index is 13.3. The normalized spacial score (nSPS) is 14.1. The highest BCUT2D eigenvalue weighted by Crippen LogP contribution is 2.40. The highest BCUT2D eigenvalue weighted by molar-refractivity contribution is 9.10. The first kappa shape index (κ1) is 14.2. The van der Waals surface area contributed by atoms with Crippen LogP contribution in [0.5, 0.6) is 11.6 Å². The van der Waals surface area contributed by atoms with E-state index >= 15 is 0 Å². The predicted molar refractivity (Wildman–Crippen MR) is 80.7 cm³/mol. The Hall–Kier alpha value is -1.73. The van der Waals surface area contributed by atoms with Crippen LogP contribution in [-0.4, -0.2) is 9.97 Å². The van der Waals surface area contributed by atoms with Crippen LogP contribution in [-0.2, 0) is 0 Å². The lowest BCUT2D eigenvalue weighted by atomic mass is 10.3. The zero-order chi connectivity index (χ0) is 15.0. The van der Waals surface area contributed by atoms with Crippen LogP contribution in [0.3, 0.4) is 0 Å². The zero-order valence-corrected chi connectivity index (χ0v) is 12.9. The number of hydrogen-bond donors (Lipinski definition) is 2. The summed E-state index contributed by atoms with van der Waals surface area (Å²) in [5.41, 5.74) is 3.28. The van der Waals surface area contributed by atoms with E-state index in [1.54, 1.807) is 12.1 Å². The third-order valence-corrected chi connectivity index (χ3v) is 3.91. The first-order valence-electron chi connectivity index (χ1n) is 6.56. The van der Waals surface area contributed by atoms with Crippen LogP contribution in [0.4, 0.5) is 10.2 Å². The number of hydrogen-bond acceptors (Lipinski definition) is 5. The number of benzene rings is 1. The van der Waals surface area contributed by atoms with E-state index in [1.807, 2.05) is 6.92 Å². The summed E-state index contributed by atoms with van der Waals surface area (Å²) in [5.74, 6) is 7.72. The zero-order valence-electron chi connectivity index (χ0n) is 11.4. The SMILES string of the molecule is Cc1c(NN)nc(C2CC2)nc1Oc1ccc(F)c(Br)c1. The molecule has 0 radical (unpaired) electrons. The molecule has 0 spiro atoms. The molecule has 5 nitrogen and oxygen atoms in total. The minimum Gasteiger partial charge on any atom is -0.439 e. The molecule has 1 aromatic carbocycles. The second kappa shape index (κ2) is 5.57. The average molecular weight is 353 g/mol. The summed E-state index contributed by atoms with van der Waals surface area (Å²) in [6, 6.07) is 4.44. The van der Waals surface area contributed by atoms with Gasteiger partial charge in [0.15, 0.2) is 5.82 Å². The van der Waals surface area contributed by atoms with Crippen LogP contribution in [0, 0.1) is 12.7 Å². The molecule has 1 saturated carbocycles.